The summed E-state index contributed by atoms with van der Waals surface area (Å²) in [6.45, 7) is 0. The number of hydrogen-bond donors (Lipinski definition) is 2. The molecule has 0 aromatic heterocycles. The number of nitrogens with one attached hydrogen (secondary N) is 1. The molecule has 0 aromatic rings. The van der Waals surface area contributed by atoms with Gasteiger partial charge < -0.3 is 11.1 Å². The van der Waals surface area contributed by atoms with Crippen molar-refractivity contribution in [2.75, 3.05) is 0 Å². The Hall–Kier alpha value is -0.570. The van der Waals surface area contributed by atoms with Crippen LogP contribution in [0.15, 0.2) is 0 Å². The summed E-state index contributed by atoms with van der Waals surface area (Å²) in [7, 11) is 0. The van der Waals surface area contributed by atoms with Crippen LogP contribution in [0.5, 0.6) is 0 Å². The monoisotopic (exact) mass is 238 g/mol. The van der Waals surface area contributed by atoms with Crippen LogP contribution in [-0.4, -0.2) is 18.0 Å². The maximum Gasteiger partial charge on any atom is 0.220 e. The number of rotatable bonds is 4. The number of amides is 1. The summed E-state index contributed by atoms with van der Waals surface area (Å²) in [6, 6.07) is 0.433. The Morgan fingerprint density at radius 2 is 1.82 bits per heavy atom. The average Bonchev–Trinajstić information content (AvgIpc) is 2.74. The molecule has 2 fully saturated rings. The van der Waals surface area contributed by atoms with Gasteiger partial charge in [0.05, 0.1) is 0 Å². The molecule has 3 heteroatoms. The molecule has 2 unspecified atom stereocenters. The van der Waals surface area contributed by atoms with E-state index in [0.29, 0.717) is 6.42 Å². The number of hydrogen-bond acceptors (Lipinski definition) is 2. The smallest absolute Gasteiger partial charge is 0.220 e. The Balaban J connectivity index is 1.63. The van der Waals surface area contributed by atoms with Crippen molar-refractivity contribution in [1.82, 2.24) is 5.32 Å². The SMILES string of the molecule is NC1CCCC1NC(=O)CCC1CCCCC1. The lowest BCUT2D eigenvalue weighted by Gasteiger charge is -2.22. The van der Waals surface area contributed by atoms with Crippen LogP contribution in [0.2, 0.25) is 0 Å². The fraction of sp³-hybridized carbons (Fsp3) is 0.929. The summed E-state index contributed by atoms with van der Waals surface area (Å²) in [5.41, 5.74) is 5.95. The first-order valence-electron chi connectivity index (χ1n) is 7.30. The van der Waals surface area contributed by atoms with E-state index in [1.807, 2.05) is 0 Å². The van der Waals surface area contributed by atoms with Crippen molar-refractivity contribution < 1.29 is 4.79 Å². The van der Waals surface area contributed by atoms with Gasteiger partial charge >= 0.3 is 0 Å². The van der Waals surface area contributed by atoms with Crippen LogP contribution in [0.1, 0.15) is 64.2 Å². The summed E-state index contributed by atoms with van der Waals surface area (Å²) in [5.74, 6) is 1.02. The van der Waals surface area contributed by atoms with Crippen molar-refractivity contribution in [2.24, 2.45) is 11.7 Å². The van der Waals surface area contributed by atoms with Crippen LogP contribution >= 0.6 is 0 Å². The van der Waals surface area contributed by atoms with Crippen LogP contribution in [0.3, 0.4) is 0 Å². The molecule has 2 aliphatic carbocycles. The van der Waals surface area contributed by atoms with Crippen LogP contribution in [0.25, 0.3) is 0 Å². The zero-order valence-corrected chi connectivity index (χ0v) is 10.8. The second kappa shape index (κ2) is 6.39. The Morgan fingerprint density at radius 1 is 1.06 bits per heavy atom. The van der Waals surface area contributed by atoms with Gasteiger partial charge in [-0.05, 0) is 31.6 Å². The molecule has 0 aliphatic heterocycles. The summed E-state index contributed by atoms with van der Waals surface area (Å²) < 4.78 is 0. The van der Waals surface area contributed by atoms with Gasteiger partial charge in [0.1, 0.15) is 0 Å². The van der Waals surface area contributed by atoms with Gasteiger partial charge in [0, 0.05) is 18.5 Å². The molecule has 0 heterocycles. The molecule has 0 spiro atoms. The van der Waals surface area contributed by atoms with Gasteiger partial charge in [0.15, 0.2) is 0 Å². The highest BCUT2D eigenvalue weighted by atomic mass is 16.1. The first kappa shape index (κ1) is 12.9. The lowest BCUT2D eigenvalue weighted by Crippen LogP contribution is -2.44. The predicted molar refractivity (Wildman–Crippen MR) is 69.6 cm³/mol. The van der Waals surface area contributed by atoms with Crippen molar-refractivity contribution >= 4 is 5.91 Å². The molecule has 1 amide bonds. The van der Waals surface area contributed by atoms with Crippen LogP contribution in [0, 0.1) is 5.92 Å². The van der Waals surface area contributed by atoms with Gasteiger partial charge in [0.25, 0.3) is 0 Å². The summed E-state index contributed by atoms with van der Waals surface area (Å²) >= 11 is 0. The van der Waals surface area contributed by atoms with E-state index in [2.05, 4.69) is 5.32 Å². The van der Waals surface area contributed by atoms with E-state index < -0.39 is 0 Å². The number of nitrogens with two attached hydrogens (primary N) is 1. The molecular formula is C14H26N2O. The zero-order valence-electron chi connectivity index (χ0n) is 10.8. The maximum absolute atomic E-state index is 11.8. The molecule has 17 heavy (non-hydrogen) atoms. The molecule has 0 aromatic carbocycles. The molecule has 2 saturated carbocycles. The number of carbonyl (C=O) groups is 1. The summed E-state index contributed by atoms with van der Waals surface area (Å²) in [5, 5.41) is 3.10. The van der Waals surface area contributed by atoms with Gasteiger partial charge in [-0.2, -0.15) is 0 Å². The lowest BCUT2D eigenvalue weighted by molar-refractivity contribution is -0.122. The third-order valence-electron chi connectivity index (χ3n) is 4.42. The molecule has 98 valence electrons. The van der Waals surface area contributed by atoms with Crippen molar-refractivity contribution in [3.05, 3.63) is 0 Å². The average molecular weight is 238 g/mol. The summed E-state index contributed by atoms with van der Waals surface area (Å²) in [4.78, 5) is 11.8. The lowest BCUT2D eigenvalue weighted by atomic mass is 9.86. The molecule has 0 radical (unpaired) electrons. The normalized spacial score (nSPS) is 30.4. The minimum Gasteiger partial charge on any atom is -0.352 e. The second-order valence-electron chi connectivity index (χ2n) is 5.81. The minimum atomic E-state index is 0.189. The first-order valence-corrected chi connectivity index (χ1v) is 7.30. The molecule has 0 bridgehead atoms. The van der Waals surface area contributed by atoms with E-state index in [9.17, 15) is 4.79 Å². The zero-order chi connectivity index (χ0) is 12.1. The van der Waals surface area contributed by atoms with E-state index in [4.69, 9.17) is 5.73 Å². The second-order valence-corrected chi connectivity index (χ2v) is 5.81. The van der Waals surface area contributed by atoms with E-state index in [0.717, 1.165) is 31.6 Å². The topological polar surface area (TPSA) is 55.1 Å². The Kier molecular flexibility index (Phi) is 4.84. The van der Waals surface area contributed by atoms with E-state index in [-0.39, 0.29) is 18.0 Å². The molecule has 2 aliphatic rings. The maximum atomic E-state index is 11.8. The fourth-order valence-corrected chi connectivity index (χ4v) is 3.26. The number of carbonyl (C=O) groups excluding carboxylic acids is 1. The first-order chi connectivity index (χ1) is 8.25. The van der Waals surface area contributed by atoms with Gasteiger partial charge in [-0.1, -0.05) is 32.1 Å². The summed E-state index contributed by atoms with van der Waals surface area (Å²) in [6.07, 6.45) is 11.8. The Morgan fingerprint density at radius 3 is 2.47 bits per heavy atom. The van der Waals surface area contributed by atoms with Gasteiger partial charge in [-0.3, -0.25) is 4.79 Å². The molecular weight excluding hydrogens is 212 g/mol. The van der Waals surface area contributed by atoms with Crippen molar-refractivity contribution in [3.8, 4) is 0 Å². The van der Waals surface area contributed by atoms with Crippen LogP contribution in [0.4, 0.5) is 0 Å². The minimum absolute atomic E-state index is 0.189. The van der Waals surface area contributed by atoms with Crippen molar-refractivity contribution in [1.29, 1.82) is 0 Å². The van der Waals surface area contributed by atoms with Gasteiger partial charge in [0.2, 0.25) is 5.91 Å². The highest BCUT2D eigenvalue weighted by molar-refractivity contribution is 5.76. The molecule has 0 saturated heterocycles. The van der Waals surface area contributed by atoms with Crippen LogP contribution < -0.4 is 11.1 Å². The van der Waals surface area contributed by atoms with Crippen molar-refractivity contribution in [2.45, 2.75) is 76.3 Å². The van der Waals surface area contributed by atoms with Crippen molar-refractivity contribution in [3.63, 3.8) is 0 Å². The molecule has 2 atom stereocenters. The fourth-order valence-electron chi connectivity index (χ4n) is 3.26. The molecule has 2 rings (SSSR count). The Bertz CT molecular complexity index is 249. The van der Waals surface area contributed by atoms with E-state index in [1.165, 1.54) is 32.1 Å². The Labute approximate surface area is 105 Å². The van der Waals surface area contributed by atoms with E-state index >= 15 is 0 Å². The molecule has 3 N–H and O–H groups in total. The van der Waals surface area contributed by atoms with Crippen LogP contribution in [-0.2, 0) is 4.79 Å². The largest absolute Gasteiger partial charge is 0.352 e. The highest BCUT2D eigenvalue weighted by Gasteiger charge is 2.25. The van der Waals surface area contributed by atoms with E-state index in [1.54, 1.807) is 0 Å². The van der Waals surface area contributed by atoms with Gasteiger partial charge in [-0.25, -0.2) is 0 Å². The predicted octanol–water partition coefficient (Wildman–Crippen LogP) is 2.34. The third-order valence-corrected chi connectivity index (χ3v) is 4.42. The van der Waals surface area contributed by atoms with Gasteiger partial charge in [-0.15, -0.1) is 0 Å². The third kappa shape index (κ3) is 3.98. The molecule has 3 nitrogen and oxygen atoms in total. The quantitative estimate of drug-likeness (QED) is 0.790. The standard InChI is InChI=1S/C14H26N2O/c15-12-7-4-8-13(12)16-14(17)10-9-11-5-2-1-3-6-11/h11-13H,1-10,15H2,(H,16,17). The highest BCUT2D eigenvalue weighted by Crippen LogP contribution is 2.27.